The van der Waals surface area contributed by atoms with Gasteiger partial charge < -0.3 is 24.6 Å². The van der Waals surface area contributed by atoms with Gasteiger partial charge in [-0.15, -0.1) is 0 Å². The fraction of sp³-hybridized carbons (Fsp3) is 0.310. The molecule has 2 heterocycles. The molecule has 0 bridgehead atoms. The molecule has 0 aliphatic carbocycles. The number of carbonyl (C=O) groups is 3. The van der Waals surface area contributed by atoms with Crippen molar-refractivity contribution in [2.75, 3.05) is 6.54 Å². The highest BCUT2D eigenvalue weighted by atomic mass is 16.4. The summed E-state index contributed by atoms with van der Waals surface area (Å²) in [6.07, 6.45) is 1.94. The molecule has 2 aromatic heterocycles. The van der Waals surface area contributed by atoms with Gasteiger partial charge in [0.1, 0.15) is 17.2 Å². The molecule has 3 N–H and O–H groups in total. The third-order valence-corrected chi connectivity index (χ3v) is 6.92. The standard InChI is InChI=1S/C29H30N2O7/c1-5-16(3)27(28(34)35)31-26(33)13-30-25(32)11-20-17(4)19-10-21-22(18-8-6-15(2)7-9-18)14-37-23(21)12-24(19)38-29(20)36/h6-10,12,14,16,27H,5,11,13H2,1-4H3,(H,30,32)(H,31,33)(H,34,35)/t16-,27-/m0/s1. The van der Waals surface area contributed by atoms with Gasteiger partial charge in [0.05, 0.1) is 24.8 Å². The van der Waals surface area contributed by atoms with E-state index < -0.39 is 36.0 Å². The number of furan rings is 1. The molecule has 4 aromatic rings. The van der Waals surface area contributed by atoms with Gasteiger partial charge in [-0.25, -0.2) is 9.59 Å². The number of carboxylic acid groups (broad SMARTS) is 1. The van der Waals surface area contributed by atoms with E-state index >= 15 is 0 Å². The van der Waals surface area contributed by atoms with Crippen molar-refractivity contribution in [3.8, 4) is 11.1 Å². The Balaban J connectivity index is 1.55. The highest BCUT2D eigenvalue weighted by molar-refractivity contribution is 6.02. The second-order valence-corrected chi connectivity index (χ2v) is 9.58. The van der Waals surface area contributed by atoms with Gasteiger partial charge in [-0.05, 0) is 37.0 Å². The molecule has 2 aromatic carbocycles. The molecule has 0 radical (unpaired) electrons. The largest absolute Gasteiger partial charge is 0.480 e. The maximum absolute atomic E-state index is 12.7. The van der Waals surface area contributed by atoms with Crippen LogP contribution >= 0.6 is 0 Å². The number of aryl methyl sites for hydroxylation is 2. The van der Waals surface area contributed by atoms with Crippen LogP contribution in [0.5, 0.6) is 0 Å². The fourth-order valence-electron chi connectivity index (χ4n) is 4.38. The third kappa shape index (κ3) is 5.46. The Morgan fingerprint density at radius 1 is 1.00 bits per heavy atom. The number of rotatable bonds is 9. The lowest BCUT2D eigenvalue weighted by Crippen LogP contribution is -2.48. The molecule has 0 unspecified atom stereocenters. The SMILES string of the molecule is CC[C@H](C)[C@H](NC(=O)CNC(=O)Cc1c(C)c2cc3c(-c4ccc(C)cc4)coc3cc2oc1=O)C(=O)O. The molecule has 9 nitrogen and oxygen atoms in total. The highest BCUT2D eigenvalue weighted by Gasteiger charge is 2.25. The van der Waals surface area contributed by atoms with E-state index in [0.29, 0.717) is 28.5 Å². The van der Waals surface area contributed by atoms with E-state index in [9.17, 15) is 24.3 Å². The van der Waals surface area contributed by atoms with Gasteiger partial charge in [0.25, 0.3) is 0 Å². The number of amides is 2. The van der Waals surface area contributed by atoms with Crippen LogP contribution in [0, 0.1) is 19.8 Å². The maximum Gasteiger partial charge on any atom is 0.340 e. The summed E-state index contributed by atoms with van der Waals surface area (Å²) < 4.78 is 11.3. The van der Waals surface area contributed by atoms with Gasteiger partial charge in [0.15, 0.2) is 0 Å². The smallest absolute Gasteiger partial charge is 0.340 e. The Morgan fingerprint density at radius 2 is 1.71 bits per heavy atom. The van der Waals surface area contributed by atoms with Crippen molar-refractivity contribution in [1.82, 2.24) is 10.6 Å². The number of nitrogens with one attached hydrogen (secondary N) is 2. The summed E-state index contributed by atoms with van der Waals surface area (Å²) in [4.78, 5) is 49.0. The van der Waals surface area contributed by atoms with Crippen molar-refractivity contribution in [3.63, 3.8) is 0 Å². The minimum absolute atomic E-state index is 0.179. The van der Waals surface area contributed by atoms with Crippen LogP contribution in [0.2, 0.25) is 0 Å². The Bertz CT molecular complexity index is 1580. The van der Waals surface area contributed by atoms with Crippen molar-refractivity contribution < 1.29 is 28.3 Å². The lowest BCUT2D eigenvalue weighted by Gasteiger charge is -2.20. The molecular weight excluding hydrogens is 488 g/mol. The van der Waals surface area contributed by atoms with Crippen LogP contribution in [-0.2, 0) is 20.8 Å². The number of carbonyl (C=O) groups excluding carboxylic acids is 2. The molecule has 0 aliphatic heterocycles. The number of carboxylic acids is 1. The first-order valence-corrected chi connectivity index (χ1v) is 12.4. The number of hydrogen-bond donors (Lipinski definition) is 3. The molecule has 9 heteroatoms. The Hall–Kier alpha value is -4.40. The predicted octanol–water partition coefficient (Wildman–Crippen LogP) is 4.10. The quantitative estimate of drug-likeness (QED) is 0.284. The number of aliphatic carboxylic acids is 1. The molecule has 0 fully saturated rings. The molecule has 0 saturated carbocycles. The molecule has 0 saturated heterocycles. The van der Waals surface area contributed by atoms with Gasteiger partial charge >= 0.3 is 11.6 Å². The van der Waals surface area contributed by atoms with E-state index in [1.807, 2.05) is 44.2 Å². The summed E-state index contributed by atoms with van der Waals surface area (Å²) in [6.45, 7) is 6.90. The summed E-state index contributed by atoms with van der Waals surface area (Å²) in [7, 11) is 0. The molecular formula is C29H30N2O7. The fourth-order valence-corrected chi connectivity index (χ4v) is 4.38. The molecule has 4 rings (SSSR count). The summed E-state index contributed by atoms with van der Waals surface area (Å²) in [5.74, 6) is -2.60. The van der Waals surface area contributed by atoms with Crippen LogP contribution in [0.1, 0.15) is 37.0 Å². The van der Waals surface area contributed by atoms with Crippen LogP contribution < -0.4 is 16.3 Å². The van der Waals surface area contributed by atoms with Gasteiger partial charge in [-0.1, -0.05) is 50.1 Å². The van der Waals surface area contributed by atoms with E-state index in [2.05, 4.69) is 10.6 Å². The van der Waals surface area contributed by atoms with Gasteiger partial charge in [-0.3, -0.25) is 9.59 Å². The Morgan fingerprint density at radius 3 is 2.37 bits per heavy atom. The zero-order valence-electron chi connectivity index (χ0n) is 21.7. The van der Waals surface area contributed by atoms with Crippen molar-refractivity contribution >= 4 is 39.7 Å². The van der Waals surface area contributed by atoms with Gasteiger partial charge in [0, 0.05) is 22.4 Å². The van der Waals surface area contributed by atoms with E-state index in [-0.39, 0.29) is 17.9 Å². The van der Waals surface area contributed by atoms with Crippen LogP contribution in [-0.4, -0.2) is 35.5 Å². The maximum atomic E-state index is 12.7. The Labute approximate surface area is 218 Å². The van der Waals surface area contributed by atoms with Crippen LogP contribution in [0.3, 0.4) is 0 Å². The zero-order valence-corrected chi connectivity index (χ0v) is 21.7. The number of hydrogen-bond acceptors (Lipinski definition) is 6. The average Bonchev–Trinajstić information content (AvgIpc) is 3.30. The minimum atomic E-state index is -1.14. The van der Waals surface area contributed by atoms with E-state index in [0.717, 1.165) is 22.1 Å². The first-order valence-electron chi connectivity index (χ1n) is 12.4. The van der Waals surface area contributed by atoms with E-state index in [1.54, 1.807) is 26.2 Å². The number of fused-ring (bicyclic) bond motifs is 2. The van der Waals surface area contributed by atoms with Crippen LogP contribution in [0.4, 0.5) is 0 Å². The van der Waals surface area contributed by atoms with Gasteiger partial charge in [0.2, 0.25) is 11.8 Å². The second kappa shape index (κ2) is 10.9. The van der Waals surface area contributed by atoms with Crippen LogP contribution in [0.25, 0.3) is 33.1 Å². The topological polar surface area (TPSA) is 139 Å². The summed E-state index contributed by atoms with van der Waals surface area (Å²) >= 11 is 0. The van der Waals surface area contributed by atoms with E-state index in [4.69, 9.17) is 8.83 Å². The molecule has 2 atom stereocenters. The molecule has 38 heavy (non-hydrogen) atoms. The van der Waals surface area contributed by atoms with Crippen molar-refractivity contribution in [2.45, 2.75) is 46.6 Å². The molecule has 2 amide bonds. The lowest BCUT2D eigenvalue weighted by atomic mass is 9.99. The molecule has 0 spiro atoms. The second-order valence-electron chi connectivity index (χ2n) is 9.58. The van der Waals surface area contributed by atoms with E-state index in [1.165, 1.54) is 0 Å². The van der Waals surface area contributed by atoms with Crippen molar-refractivity contribution in [2.24, 2.45) is 5.92 Å². The van der Waals surface area contributed by atoms with Crippen LogP contribution in [0.15, 0.2) is 56.3 Å². The minimum Gasteiger partial charge on any atom is -0.480 e. The summed E-state index contributed by atoms with van der Waals surface area (Å²) in [5, 5.41) is 15.7. The third-order valence-electron chi connectivity index (χ3n) is 6.92. The normalized spacial score (nSPS) is 12.8. The van der Waals surface area contributed by atoms with Gasteiger partial charge in [-0.2, -0.15) is 0 Å². The first-order chi connectivity index (χ1) is 18.1. The molecule has 198 valence electrons. The van der Waals surface area contributed by atoms with Crippen molar-refractivity contribution in [3.05, 3.63) is 69.8 Å². The lowest BCUT2D eigenvalue weighted by molar-refractivity contribution is -0.143. The predicted molar refractivity (Wildman–Crippen MR) is 143 cm³/mol. The number of benzene rings is 2. The first kappa shape index (κ1) is 26.7. The highest BCUT2D eigenvalue weighted by Crippen LogP contribution is 2.34. The zero-order chi connectivity index (χ0) is 27.6. The molecule has 0 aliphatic rings. The average molecular weight is 519 g/mol. The summed E-state index contributed by atoms with van der Waals surface area (Å²) in [5.41, 5.74) is 4.07. The van der Waals surface area contributed by atoms with Crippen molar-refractivity contribution in [1.29, 1.82) is 0 Å². The monoisotopic (exact) mass is 518 g/mol. The summed E-state index contributed by atoms with van der Waals surface area (Å²) in [6, 6.07) is 10.6. The Kier molecular flexibility index (Phi) is 7.66.